The molecular weight excluding hydrogens is 234 g/mol. The van der Waals surface area contributed by atoms with Crippen LogP contribution in [0.3, 0.4) is 0 Å². The fourth-order valence-corrected chi connectivity index (χ4v) is 2.56. The minimum atomic E-state index is -0.0965. The predicted molar refractivity (Wildman–Crippen MR) is 79.5 cm³/mol. The molecule has 0 saturated carbocycles. The van der Waals surface area contributed by atoms with Gasteiger partial charge in [0.15, 0.2) is 0 Å². The maximum Gasteiger partial charge on any atom is 0.119 e. The third kappa shape index (κ3) is 3.36. The number of rotatable bonds is 4. The SMILES string of the molecule is Cc1cc(C)c(C(N)COc2ccccc2)c(C)c1. The molecule has 0 spiro atoms. The molecule has 1 atom stereocenters. The number of benzene rings is 2. The second-order valence-corrected chi connectivity index (χ2v) is 5.04. The van der Waals surface area contributed by atoms with Gasteiger partial charge in [-0.15, -0.1) is 0 Å². The van der Waals surface area contributed by atoms with Crippen molar-refractivity contribution in [3.8, 4) is 5.75 Å². The first-order chi connectivity index (χ1) is 9.08. The third-order valence-electron chi connectivity index (χ3n) is 3.28. The van der Waals surface area contributed by atoms with Gasteiger partial charge in [-0.1, -0.05) is 35.9 Å². The maximum absolute atomic E-state index is 6.27. The van der Waals surface area contributed by atoms with Crippen LogP contribution in [-0.4, -0.2) is 6.61 Å². The van der Waals surface area contributed by atoms with E-state index in [9.17, 15) is 0 Å². The summed E-state index contributed by atoms with van der Waals surface area (Å²) in [5.74, 6) is 0.861. The molecule has 2 N–H and O–H groups in total. The molecule has 0 aromatic heterocycles. The molecule has 2 aromatic rings. The zero-order valence-corrected chi connectivity index (χ0v) is 11.8. The van der Waals surface area contributed by atoms with Crippen molar-refractivity contribution in [2.24, 2.45) is 5.73 Å². The van der Waals surface area contributed by atoms with Gasteiger partial charge in [0.2, 0.25) is 0 Å². The zero-order valence-electron chi connectivity index (χ0n) is 11.8. The molecule has 0 heterocycles. The molecule has 0 aliphatic carbocycles. The Morgan fingerprint density at radius 1 is 1.00 bits per heavy atom. The van der Waals surface area contributed by atoms with E-state index < -0.39 is 0 Å². The molecule has 2 heteroatoms. The Hall–Kier alpha value is -1.80. The average Bonchev–Trinajstić information content (AvgIpc) is 2.36. The van der Waals surface area contributed by atoms with Crippen molar-refractivity contribution in [1.29, 1.82) is 0 Å². The van der Waals surface area contributed by atoms with E-state index in [1.54, 1.807) is 0 Å². The van der Waals surface area contributed by atoms with E-state index in [-0.39, 0.29) is 6.04 Å². The largest absolute Gasteiger partial charge is 0.492 e. The monoisotopic (exact) mass is 255 g/mol. The van der Waals surface area contributed by atoms with E-state index in [4.69, 9.17) is 10.5 Å². The highest BCUT2D eigenvalue weighted by molar-refractivity contribution is 5.39. The summed E-state index contributed by atoms with van der Waals surface area (Å²) in [4.78, 5) is 0. The first-order valence-corrected chi connectivity index (χ1v) is 6.59. The number of nitrogens with two attached hydrogens (primary N) is 1. The van der Waals surface area contributed by atoms with Crippen LogP contribution < -0.4 is 10.5 Å². The van der Waals surface area contributed by atoms with Crippen molar-refractivity contribution in [3.63, 3.8) is 0 Å². The summed E-state index contributed by atoms with van der Waals surface area (Å²) in [6.45, 7) is 6.82. The molecule has 0 saturated heterocycles. The van der Waals surface area contributed by atoms with Crippen LogP contribution in [0.1, 0.15) is 28.3 Å². The molecule has 0 radical (unpaired) electrons. The van der Waals surface area contributed by atoms with Crippen molar-refractivity contribution < 1.29 is 4.74 Å². The molecule has 0 aliphatic heterocycles. The average molecular weight is 255 g/mol. The Labute approximate surface area is 115 Å². The highest BCUT2D eigenvalue weighted by Crippen LogP contribution is 2.23. The Morgan fingerprint density at radius 2 is 1.58 bits per heavy atom. The van der Waals surface area contributed by atoms with Crippen molar-refractivity contribution in [3.05, 3.63) is 64.7 Å². The summed E-state index contributed by atoms with van der Waals surface area (Å²) in [6.07, 6.45) is 0. The molecular formula is C17H21NO. The van der Waals surface area contributed by atoms with Gasteiger partial charge >= 0.3 is 0 Å². The van der Waals surface area contributed by atoms with Crippen LogP contribution in [0, 0.1) is 20.8 Å². The normalized spacial score (nSPS) is 12.2. The van der Waals surface area contributed by atoms with Gasteiger partial charge < -0.3 is 10.5 Å². The standard InChI is InChI=1S/C17H21NO/c1-12-9-13(2)17(14(3)10-12)16(18)11-19-15-7-5-4-6-8-15/h4-10,16H,11,18H2,1-3H3. The topological polar surface area (TPSA) is 35.2 Å². The van der Waals surface area contributed by atoms with Crippen LogP contribution in [0.15, 0.2) is 42.5 Å². The minimum Gasteiger partial charge on any atom is -0.492 e. The number of aryl methyl sites for hydroxylation is 3. The van der Waals surface area contributed by atoms with Crippen molar-refractivity contribution in [1.82, 2.24) is 0 Å². The zero-order chi connectivity index (χ0) is 13.8. The summed E-state index contributed by atoms with van der Waals surface area (Å²) >= 11 is 0. The van der Waals surface area contributed by atoms with Gasteiger partial charge in [0.25, 0.3) is 0 Å². The number of para-hydroxylation sites is 1. The van der Waals surface area contributed by atoms with Gasteiger partial charge in [0, 0.05) is 0 Å². The van der Waals surface area contributed by atoms with E-state index in [2.05, 4.69) is 32.9 Å². The van der Waals surface area contributed by atoms with Gasteiger partial charge in [-0.3, -0.25) is 0 Å². The lowest BCUT2D eigenvalue weighted by Crippen LogP contribution is -2.21. The summed E-state index contributed by atoms with van der Waals surface area (Å²) < 4.78 is 5.74. The fourth-order valence-electron chi connectivity index (χ4n) is 2.56. The highest BCUT2D eigenvalue weighted by Gasteiger charge is 2.13. The number of hydrogen-bond acceptors (Lipinski definition) is 2. The maximum atomic E-state index is 6.27. The molecule has 100 valence electrons. The summed E-state index contributed by atoms with van der Waals surface area (Å²) in [5, 5.41) is 0. The van der Waals surface area contributed by atoms with Crippen molar-refractivity contribution in [2.45, 2.75) is 26.8 Å². The molecule has 0 bridgehead atoms. The molecule has 0 fully saturated rings. The van der Waals surface area contributed by atoms with Gasteiger partial charge in [-0.25, -0.2) is 0 Å². The predicted octanol–water partition coefficient (Wildman–Crippen LogP) is 3.69. The van der Waals surface area contributed by atoms with Crippen LogP contribution in [-0.2, 0) is 0 Å². The fraction of sp³-hybridized carbons (Fsp3) is 0.294. The molecule has 19 heavy (non-hydrogen) atoms. The first-order valence-electron chi connectivity index (χ1n) is 6.59. The van der Waals surface area contributed by atoms with Gasteiger partial charge in [-0.2, -0.15) is 0 Å². The van der Waals surface area contributed by atoms with Gasteiger partial charge in [0.1, 0.15) is 12.4 Å². The quantitative estimate of drug-likeness (QED) is 0.904. The summed E-state index contributed by atoms with van der Waals surface area (Å²) in [6, 6.07) is 14.0. The molecule has 1 unspecified atom stereocenters. The van der Waals surface area contributed by atoms with Crippen molar-refractivity contribution in [2.75, 3.05) is 6.61 Å². The molecule has 0 aliphatic rings. The van der Waals surface area contributed by atoms with Gasteiger partial charge in [0.05, 0.1) is 6.04 Å². The molecule has 2 rings (SSSR count). The lowest BCUT2D eigenvalue weighted by atomic mass is 9.95. The van der Waals surface area contributed by atoms with Crippen molar-refractivity contribution >= 4 is 0 Å². The second kappa shape index (κ2) is 5.89. The van der Waals surface area contributed by atoms with Crippen LogP contribution in [0.25, 0.3) is 0 Å². The Balaban J connectivity index is 2.10. The smallest absolute Gasteiger partial charge is 0.119 e. The lowest BCUT2D eigenvalue weighted by Gasteiger charge is -2.19. The Morgan fingerprint density at radius 3 is 2.16 bits per heavy atom. The minimum absolute atomic E-state index is 0.0965. The van der Waals surface area contributed by atoms with E-state index in [0.717, 1.165) is 5.75 Å². The molecule has 2 aromatic carbocycles. The van der Waals surface area contributed by atoms with Crippen LogP contribution >= 0.6 is 0 Å². The molecule has 0 amide bonds. The van der Waals surface area contributed by atoms with Gasteiger partial charge in [-0.05, 0) is 49.6 Å². The second-order valence-electron chi connectivity index (χ2n) is 5.04. The number of ether oxygens (including phenoxy) is 1. The lowest BCUT2D eigenvalue weighted by molar-refractivity contribution is 0.290. The Bertz CT molecular complexity index is 525. The summed E-state index contributed by atoms with van der Waals surface area (Å²) in [7, 11) is 0. The number of hydrogen-bond donors (Lipinski definition) is 1. The third-order valence-corrected chi connectivity index (χ3v) is 3.28. The van der Waals surface area contributed by atoms with E-state index >= 15 is 0 Å². The molecule has 2 nitrogen and oxygen atoms in total. The van der Waals surface area contributed by atoms with E-state index in [1.165, 1.54) is 22.3 Å². The highest BCUT2D eigenvalue weighted by atomic mass is 16.5. The van der Waals surface area contributed by atoms with E-state index in [0.29, 0.717) is 6.61 Å². The van der Waals surface area contributed by atoms with Crippen LogP contribution in [0.5, 0.6) is 5.75 Å². The summed E-state index contributed by atoms with van der Waals surface area (Å²) in [5.41, 5.74) is 11.2. The van der Waals surface area contributed by atoms with Crippen LogP contribution in [0.2, 0.25) is 0 Å². The first kappa shape index (κ1) is 13.6. The van der Waals surface area contributed by atoms with Crippen LogP contribution in [0.4, 0.5) is 0 Å². The Kier molecular flexibility index (Phi) is 4.23. The van der Waals surface area contributed by atoms with E-state index in [1.807, 2.05) is 30.3 Å².